The molecule has 168 valence electrons. The highest BCUT2D eigenvalue weighted by molar-refractivity contribution is 6.37. The summed E-state index contributed by atoms with van der Waals surface area (Å²) >= 11 is 0. The van der Waals surface area contributed by atoms with Crippen LogP contribution in [0, 0.1) is 5.82 Å². The number of halogens is 1. The summed E-state index contributed by atoms with van der Waals surface area (Å²) in [6.45, 7) is 0.743. The largest absolute Gasteiger partial charge is 0.481 e. The number of amides is 1. The fourth-order valence-corrected chi connectivity index (χ4v) is 3.82. The molecule has 1 aliphatic rings. The fraction of sp³-hybridized carbons (Fsp3) is 0.154. The van der Waals surface area contributed by atoms with E-state index in [9.17, 15) is 14.0 Å². The molecular formula is C26H24FN3O3. The van der Waals surface area contributed by atoms with E-state index in [-0.39, 0.29) is 12.3 Å². The van der Waals surface area contributed by atoms with Crippen molar-refractivity contribution in [2.45, 2.75) is 19.4 Å². The van der Waals surface area contributed by atoms with Crippen LogP contribution in [0.15, 0.2) is 66.7 Å². The lowest BCUT2D eigenvalue weighted by Gasteiger charge is -2.16. The van der Waals surface area contributed by atoms with Gasteiger partial charge in [0.1, 0.15) is 5.82 Å². The molecule has 4 rings (SSSR count). The lowest BCUT2D eigenvalue weighted by Crippen LogP contribution is -2.10. The number of nitrogens with one attached hydrogen (secondary N) is 3. The van der Waals surface area contributed by atoms with Crippen LogP contribution in [-0.4, -0.2) is 24.0 Å². The molecule has 0 fully saturated rings. The molecule has 0 atom stereocenters. The number of hydrogen-bond acceptors (Lipinski definition) is 4. The molecular weight excluding hydrogens is 421 g/mol. The molecule has 0 bridgehead atoms. The van der Waals surface area contributed by atoms with Crippen molar-refractivity contribution < 1.29 is 19.1 Å². The summed E-state index contributed by atoms with van der Waals surface area (Å²) in [4.78, 5) is 23.8. The molecule has 0 unspecified atom stereocenters. The second-order valence-electron chi connectivity index (χ2n) is 7.84. The lowest BCUT2D eigenvalue weighted by atomic mass is 9.98. The highest BCUT2D eigenvalue weighted by Crippen LogP contribution is 2.38. The van der Waals surface area contributed by atoms with Gasteiger partial charge < -0.3 is 21.1 Å². The van der Waals surface area contributed by atoms with Crippen molar-refractivity contribution in [3.8, 4) is 0 Å². The Morgan fingerprint density at radius 3 is 2.36 bits per heavy atom. The van der Waals surface area contributed by atoms with Gasteiger partial charge >= 0.3 is 5.97 Å². The van der Waals surface area contributed by atoms with Gasteiger partial charge in [-0.25, -0.2) is 4.39 Å². The maximum atomic E-state index is 13.7. The molecule has 4 N–H and O–H groups in total. The van der Waals surface area contributed by atoms with Crippen molar-refractivity contribution in [1.29, 1.82) is 0 Å². The third kappa shape index (κ3) is 5.10. The van der Waals surface area contributed by atoms with Gasteiger partial charge in [0.25, 0.3) is 5.91 Å². The van der Waals surface area contributed by atoms with Crippen LogP contribution in [0.2, 0.25) is 0 Å². The van der Waals surface area contributed by atoms with Gasteiger partial charge in [-0.2, -0.15) is 0 Å². The third-order valence-electron chi connectivity index (χ3n) is 5.45. The molecule has 6 nitrogen and oxygen atoms in total. The first-order chi connectivity index (χ1) is 15.9. The average Bonchev–Trinajstić information content (AvgIpc) is 3.12. The SMILES string of the molecule is CNCc1ccc(N/C(=C2\C(=O)Nc3cc(F)ccc32)c2ccc(CCC(=O)O)cc2)cc1. The molecule has 1 heterocycles. The standard InChI is InChI=1S/C26H24FN3O3/c1-28-15-17-4-10-20(11-5-17)29-25(18-7-2-16(3-8-18)6-13-23(31)32)24-21-12-9-19(27)14-22(21)30-26(24)33/h2-5,7-12,14,28-29H,6,13,15H2,1H3,(H,30,33)(H,31,32)/b25-24-. The lowest BCUT2D eigenvalue weighted by molar-refractivity contribution is -0.137. The summed E-state index contributed by atoms with van der Waals surface area (Å²) in [6, 6.07) is 19.5. The van der Waals surface area contributed by atoms with Gasteiger partial charge in [-0.1, -0.05) is 36.4 Å². The molecule has 3 aromatic carbocycles. The number of aryl methyl sites for hydroxylation is 1. The third-order valence-corrected chi connectivity index (χ3v) is 5.45. The van der Waals surface area contributed by atoms with Crippen LogP contribution in [0.25, 0.3) is 11.3 Å². The maximum Gasteiger partial charge on any atom is 0.303 e. The number of carbonyl (C=O) groups is 2. The Kier molecular flexibility index (Phi) is 6.51. The second-order valence-corrected chi connectivity index (χ2v) is 7.84. The van der Waals surface area contributed by atoms with Crippen LogP contribution in [0.3, 0.4) is 0 Å². The summed E-state index contributed by atoms with van der Waals surface area (Å²) in [5.74, 6) is -1.59. The average molecular weight is 445 g/mol. The molecule has 0 radical (unpaired) electrons. The summed E-state index contributed by atoms with van der Waals surface area (Å²) in [6.07, 6.45) is 0.469. The summed E-state index contributed by atoms with van der Waals surface area (Å²) in [5.41, 5.74) is 5.63. The number of carboxylic acid groups (broad SMARTS) is 1. The van der Waals surface area contributed by atoms with E-state index in [2.05, 4.69) is 16.0 Å². The normalized spacial score (nSPS) is 13.9. The van der Waals surface area contributed by atoms with Crippen LogP contribution in [-0.2, 0) is 22.6 Å². The minimum Gasteiger partial charge on any atom is -0.481 e. The zero-order chi connectivity index (χ0) is 23.4. The number of fused-ring (bicyclic) bond motifs is 1. The highest BCUT2D eigenvalue weighted by atomic mass is 19.1. The Labute approximate surface area is 191 Å². The summed E-state index contributed by atoms with van der Waals surface area (Å²) in [7, 11) is 1.88. The Hall–Kier alpha value is -3.97. The smallest absolute Gasteiger partial charge is 0.303 e. The Balaban J connectivity index is 1.75. The first kappa shape index (κ1) is 22.2. The fourth-order valence-electron chi connectivity index (χ4n) is 3.82. The van der Waals surface area contributed by atoms with Gasteiger partial charge in [0.05, 0.1) is 17.0 Å². The van der Waals surface area contributed by atoms with E-state index in [0.717, 1.165) is 28.9 Å². The van der Waals surface area contributed by atoms with Crippen LogP contribution >= 0.6 is 0 Å². The van der Waals surface area contributed by atoms with Gasteiger partial charge in [-0.15, -0.1) is 0 Å². The zero-order valence-electron chi connectivity index (χ0n) is 18.1. The number of anilines is 2. The van der Waals surface area contributed by atoms with Gasteiger partial charge in [-0.05, 0) is 60.5 Å². The molecule has 0 saturated heterocycles. The van der Waals surface area contributed by atoms with Crippen molar-refractivity contribution in [2.24, 2.45) is 0 Å². The van der Waals surface area contributed by atoms with E-state index >= 15 is 0 Å². The van der Waals surface area contributed by atoms with Crippen LogP contribution in [0.5, 0.6) is 0 Å². The molecule has 0 aliphatic carbocycles. The van der Waals surface area contributed by atoms with Crippen molar-refractivity contribution in [1.82, 2.24) is 5.32 Å². The number of rotatable bonds is 8. The Bertz CT molecular complexity index is 1220. The Morgan fingerprint density at radius 1 is 1.00 bits per heavy atom. The van der Waals surface area contributed by atoms with E-state index in [1.54, 1.807) is 6.07 Å². The minimum atomic E-state index is -0.850. The second kappa shape index (κ2) is 9.67. The van der Waals surface area contributed by atoms with Crippen molar-refractivity contribution in [2.75, 3.05) is 17.7 Å². The Morgan fingerprint density at radius 2 is 1.70 bits per heavy atom. The van der Waals surface area contributed by atoms with Gasteiger partial charge in [0.2, 0.25) is 0 Å². The zero-order valence-corrected chi connectivity index (χ0v) is 18.1. The molecule has 33 heavy (non-hydrogen) atoms. The molecule has 1 amide bonds. The van der Waals surface area contributed by atoms with Gasteiger partial charge in [0, 0.05) is 24.2 Å². The van der Waals surface area contributed by atoms with Gasteiger partial charge in [0.15, 0.2) is 0 Å². The van der Waals surface area contributed by atoms with E-state index in [1.165, 1.54) is 12.1 Å². The molecule has 0 saturated carbocycles. The molecule has 7 heteroatoms. The van der Waals surface area contributed by atoms with E-state index < -0.39 is 11.8 Å². The van der Waals surface area contributed by atoms with Crippen molar-refractivity contribution in [3.05, 3.63) is 94.8 Å². The molecule has 1 aliphatic heterocycles. The number of carbonyl (C=O) groups excluding carboxylic acids is 1. The van der Waals surface area contributed by atoms with Crippen LogP contribution in [0.4, 0.5) is 15.8 Å². The van der Waals surface area contributed by atoms with E-state index in [0.29, 0.717) is 28.9 Å². The summed E-state index contributed by atoms with van der Waals surface area (Å²) < 4.78 is 13.7. The maximum absolute atomic E-state index is 13.7. The van der Waals surface area contributed by atoms with Crippen molar-refractivity contribution >= 4 is 34.5 Å². The predicted octanol–water partition coefficient (Wildman–Crippen LogP) is 4.49. The summed E-state index contributed by atoms with van der Waals surface area (Å²) in [5, 5.41) is 18.2. The van der Waals surface area contributed by atoms with Crippen LogP contribution < -0.4 is 16.0 Å². The predicted molar refractivity (Wildman–Crippen MR) is 127 cm³/mol. The molecule has 0 spiro atoms. The molecule has 0 aromatic heterocycles. The number of aliphatic carboxylic acids is 1. The number of hydrogen-bond donors (Lipinski definition) is 4. The van der Waals surface area contributed by atoms with E-state index in [4.69, 9.17) is 5.11 Å². The first-order valence-corrected chi connectivity index (χ1v) is 10.6. The topological polar surface area (TPSA) is 90.5 Å². The number of benzene rings is 3. The van der Waals surface area contributed by atoms with Gasteiger partial charge in [-0.3, -0.25) is 9.59 Å². The highest BCUT2D eigenvalue weighted by Gasteiger charge is 2.28. The monoisotopic (exact) mass is 445 g/mol. The van der Waals surface area contributed by atoms with E-state index in [1.807, 2.05) is 55.6 Å². The minimum absolute atomic E-state index is 0.0475. The van der Waals surface area contributed by atoms with Crippen LogP contribution in [0.1, 0.15) is 28.7 Å². The van der Waals surface area contributed by atoms with Crippen molar-refractivity contribution in [3.63, 3.8) is 0 Å². The quantitative estimate of drug-likeness (QED) is 0.384. The first-order valence-electron chi connectivity index (χ1n) is 10.6. The molecule has 3 aromatic rings. The number of carboxylic acids is 1.